The predicted octanol–water partition coefficient (Wildman–Crippen LogP) is 3.15. The van der Waals surface area contributed by atoms with Gasteiger partial charge in [-0.3, -0.25) is 4.79 Å². The molecule has 106 valence electrons. The third kappa shape index (κ3) is 2.26. The Kier molecular flexibility index (Phi) is 3.38. The quantitative estimate of drug-likeness (QED) is 0.842. The van der Waals surface area contributed by atoms with Crippen LogP contribution in [0, 0.1) is 0 Å². The average Bonchev–Trinajstić information content (AvgIpc) is 3.07. The molecule has 20 heavy (non-hydrogen) atoms. The molecule has 0 aliphatic heterocycles. The van der Waals surface area contributed by atoms with Crippen molar-refractivity contribution in [2.45, 2.75) is 38.6 Å². The first-order valence-electron chi connectivity index (χ1n) is 7.38. The number of nitrogens with two attached hydrogens (primary N) is 1. The summed E-state index contributed by atoms with van der Waals surface area (Å²) >= 11 is 0. The first kappa shape index (κ1) is 13.0. The summed E-state index contributed by atoms with van der Waals surface area (Å²) in [6, 6.07) is 7.98. The number of fused-ring (bicyclic) bond motifs is 1. The Morgan fingerprint density at radius 2 is 2.10 bits per heavy atom. The number of amides is 1. The largest absolute Gasteiger partial charge is 0.399 e. The maximum absolute atomic E-state index is 12.7. The van der Waals surface area contributed by atoms with Crippen LogP contribution in [-0.2, 0) is 0 Å². The zero-order chi connectivity index (χ0) is 14.1. The van der Waals surface area contributed by atoms with Crippen LogP contribution in [0.4, 0.5) is 5.69 Å². The maximum atomic E-state index is 12.7. The first-order chi connectivity index (χ1) is 9.69. The van der Waals surface area contributed by atoms with E-state index in [0.717, 1.165) is 36.0 Å². The number of anilines is 1. The van der Waals surface area contributed by atoms with Gasteiger partial charge < -0.3 is 15.6 Å². The topological polar surface area (TPSA) is 62.1 Å². The zero-order valence-electron chi connectivity index (χ0n) is 11.9. The van der Waals surface area contributed by atoms with Gasteiger partial charge in [0.15, 0.2) is 0 Å². The van der Waals surface area contributed by atoms with E-state index in [2.05, 4.69) is 11.9 Å². The number of carbonyl (C=O) groups excluding carboxylic acids is 1. The summed E-state index contributed by atoms with van der Waals surface area (Å²) < 4.78 is 0. The van der Waals surface area contributed by atoms with Gasteiger partial charge in [0.05, 0.1) is 0 Å². The van der Waals surface area contributed by atoms with Gasteiger partial charge in [-0.15, -0.1) is 0 Å². The Morgan fingerprint density at radius 3 is 2.80 bits per heavy atom. The van der Waals surface area contributed by atoms with Crippen LogP contribution in [0.2, 0.25) is 0 Å². The lowest BCUT2D eigenvalue weighted by molar-refractivity contribution is 0.0688. The Hall–Kier alpha value is -1.97. The maximum Gasteiger partial charge on any atom is 0.270 e. The van der Waals surface area contributed by atoms with E-state index in [-0.39, 0.29) is 5.91 Å². The molecule has 0 bridgehead atoms. The second-order valence-electron chi connectivity index (χ2n) is 5.56. The van der Waals surface area contributed by atoms with Gasteiger partial charge in [0.25, 0.3) is 5.91 Å². The van der Waals surface area contributed by atoms with Crippen molar-refractivity contribution in [1.82, 2.24) is 9.88 Å². The van der Waals surface area contributed by atoms with Crippen molar-refractivity contribution < 1.29 is 4.79 Å². The Morgan fingerprint density at radius 1 is 1.35 bits per heavy atom. The van der Waals surface area contributed by atoms with Crippen LogP contribution >= 0.6 is 0 Å². The standard InChI is InChI=1S/C16H21N3O/c1-2-19(13-5-3-4-6-13)16(20)15-10-11-9-12(17)7-8-14(11)18-15/h7-10,13,18H,2-6,17H2,1H3. The Bertz CT molecular complexity index is 626. The molecule has 1 aromatic heterocycles. The smallest absolute Gasteiger partial charge is 0.270 e. The monoisotopic (exact) mass is 271 g/mol. The van der Waals surface area contributed by atoms with E-state index in [0.29, 0.717) is 11.7 Å². The summed E-state index contributed by atoms with van der Waals surface area (Å²) in [4.78, 5) is 17.9. The number of nitrogen functional groups attached to an aromatic ring is 1. The number of aromatic amines is 1. The molecule has 1 fully saturated rings. The van der Waals surface area contributed by atoms with Crippen molar-refractivity contribution in [2.75, 3.05) is 12.3 Å². The number of benzene rings is 1. The van der Waals surface area contributed by atoms with Gasteiger partial charge in [0, 0.05) is 29.2 Å². The molecule has 4 heteroatoms. The van der Waals surface area contributed by atoms with Crippen LogP contribution in [-0.4, -0.2) is 28.4 Å². The molecule has 1 aromatic carbocycles. The number of hydrogen-bond acceptors (Lipinski definition) is 2. The average molecular weight is 271 g/mol. The highest BCUT2D eigenvalue weighted by molar-refractivity contribution is 5.98. The summed E-state index contributed by atoms with van der Waals surface area (Å²) in [5.74, 6) is 0.106. The molecule has 1 aliphatic carbocycles. The number of hydrogen-bond donors (Lipinski definition) is 2. The first-order valence-corrected chi connectivity index (χ1v) is 7.38. The number of rotatable bonds is 3. The van der Waals surface area contributed by atoms with Gasteiger partial charge in [-0.25, -0.2) is 0 Å². The van der Waals surface area contributed by atoms with E-state index < -0.39 is 0 Å². The lowest BCUT2D eigenvalue weighted by Gasteiger charge is -2.27. The third-order valence-corrected chi connectivity index (χ3v) is 4.24. The fourth-order valence-electron chi connectivity index (χ4n) is 3.20. The molecule has 3 rings (SSSR count). The van der Waals surface area contributed by atoms with Gasteiger partial charge in [-0.2, -0.15) is 0 Å². The van der Waals surface area contributed by atoms with Crippen molar-refractivity contribution in [3.8, 4) is 0 Å². The number of nitrogens with zero attached hydrogens (tertiary/aromatic N) is 1. The molecular weight excluding hydrogens is 250 g/mol. The fourth-order valence-corrected chi connectivity index (χ4v) is 3.20. The highest BCUT2D eigenvalue weighted by Gasteiger charge is 2.26. The second-order valence-corrected chi connectivity index (χ2v) is 5.56. The molecule has 0 unspecified atom stereocenters. The fraction of sp³-hybridized carbons (Fsp3) is 0.438. The molecular formula is C16H21N3O. The molecule has 1 aliphatic rings. The van der Waals surface area contributed by atoms with Crippen molar-refractivity contribution in [3.63, 3.8) is 0 Å². The lowest BCUT2D eigenvalue weighted by atomic mass is 10.2. The van der Waals surface area contributed by atoms with E-state index >= 15 is 0 Å². The van der Waals surface area contributed by atoms with Crippen molar-refractivity contribution in [2.24, 2.45) is 0 Å². The molecule has 0 atom stereocenters. The van der Waals surface area contributed by atoms with Crippen molar-refractivity contribution in [3.05, 3.63) is 30.0 Å². The van der Waals surface area contributed by atoms with Gasteiger partial charge in [0.2, 0.25) is 0 Å². The number of carbonyl (C=O) groups is 1. The van der Waals surface area contributed by atoms with Crippen LogP contribution in [0.15, 0.2) is 24.3 Å². The van der Waals surface area contributed by atoms with E-state index in [4.69, 9.17) is 5.73 Å². The number of H-pyrrole nitrogens is 1. The molecule has 1 heterocycles. The van der Waals surface area contributed by atoms with E-state index in [1.807, 2.05) is 29.2 Å². The number of aromatic nitrogens is 1. The molecule has 1 amide bonds. The SMILES string of the molecule is CCN(C(=O)c1cc2cc(N)ccc2[nH]1)C1CCCC1. The van der Waals surface area contributed by atoms with Crippen LogP contribution in [0.5, 0.6) is 0 Å². The molecule has 4 nitrogen and oxygen atoms in total. The predicted molar refractivity (Wildman–Crippen MR) is 81.7 cm³/mol. The summed E-state index contributed by atoms with van der Waals surface area (Å²) in [5.41, 5.74) is 8.14. The van der Waals surface area contributed by atoms with Crippen molar-refractivity contribution >= 4 is 22.5 Å². The highest BCUT2D eigenvalue weighted by Crippen LogP contribution is 2.26. The normalized spacial score (nSPS) is 15.8. The zero-order valence-corrected chi connectivity index (χ0v) is 11.9. The van der Waals surface area contributed by atoms with Crippen LogP contribution < -0.4 is 5.73 Å². The summed E-state index contributed by atoms with van der Waals surface area (Å²) in [5, 5.41) is 0.996. The summed E-state index contributed by atoms with van der Waals surface area (Å²) in [6.45, 7) is 2.82. The molecule has 2 aromatic rings. The van der Waals surface area contributed by atoms with Crippen molar-refractivity contribution in [1.29, 1.82) is 0 Å². The Labute approximate surface area is 118 Å². The molecule has 1 saturated carbocycles. The van der Waals surface area contributed by atoms with Crippen LogP contribution in [0.1, 0.15) is 43.1 Å². The minimum absolute atomic E-state index is 0.106. The molecule has 0 saturated heterocycles. The van der Waals surface area contributed by atoms with Gasteiger partial charge in [0.1, 0.15) is 5.69 Å². The van der Waals surface area contributed by atoms with Crippen LogP contribution in [0.25, 0.3) is 10.9 Å². The van der Waals surface area contributed by atoms with Crippen LogP contribution in [0.3, 0.4) is 0 Å². The summed E-state index contributed by atoms with van der Waals surface area (Å²) in [6.07, 6.45) is 4.73. The Balaban J connectivity index is 1.90. The van der Waals surface area contributed by atoms with Gasteiger partial charge >= 0.3 is 0 Å². The van der Waals surface area contributed by atoms with Gasteiger partial charge in [-0.1, -0.05) is 12.8 Å². The minimum atomic E-state index is 0.106. The highest BCUT2D eigenvalue weighted by atomic mass is 16.2. The van der Waals surface area contributed by atoms with Gasteiger partial charge in [-0.05, 0) is 44.0 Å². The molecule has 0 radical (unpaired) electrons. The van der Waals surface area contributed by atoms with E-state index in [1.165, 1.54) is 12.8 Å². The minimum Gasteiger partial charge on any atom is -0.399 e. The summed E-state index contributed by atoms with van der Waals surface area (Å²) in [7, 11) is 0. The number of nitrogens with one attached hydrogen (secondary N) is 1. The van der Waals surface area contributed by atoms with E-state index in [1.54, 1.807) is 0 Å². The molecule has 3 N–H and O–H groups in total. The third-order valence-electron chi connectivity index (χ3n) is 4.24. The lowest BCUT2D eigenvalue weighted by Crippen LogP contribution is -2.38. The van der Waals surface area contributed by atoms with E-state index in [9.17, 15) is 4.79 Å². The second kappa shape index (κ2) is 5.19. The molecule has 0 spiro atoms.